The van der Waals surface area contributed by atoms with E-state index in [1.54, 1.807) is 11.0 Å². The number of thiophene rings is 1. The molecule has 2 heterocycles. The van der Waals surface area contributed by atoms with E-state index in [2.05, 4.69) is 32.8 Å². The molecule has 0 unspecified atom stereocenters. The largest absolute Gasteiger partial charge is 0.451 e. The van der Waals surface area contributed by atoms with Gasteiger partial charge in [-0.25, -0.2) is 9.48 Å². The van der Waals surface area contributed by atoms with Crippen LogP contribution in [0.25, 0.3) is 15.9 Å². The van der Waals surface area contributed by atoms with Crippen molar-refractivity contribution in [3.8, 4) is 5.69 Å². The van der Waals surface area contributed by atoms with E-state index in [0.29, 0.717) is 29.8 Å². The summed E-state index contributed by atoms with van der Waals surface area (Å²) in [5, 5.41) is 5.51. The van der Waals surface area contributed by atoms with Gasteiger partial charge in [-0.05, 0) is 37.0 Å². The lowest BCUT2D eigenvalue weighted by Crippen LogP contribution is -2.39. The Bertz CT molecular complexity index is 1010. The summed E-state index contributed by atoms with van der Waals surface area (Å²) in [6.45, 7) is 11.3. The smallest absolute Gasteiger partial charge is 0.348 e. The van der Waals surface area contributed by atoms with E-state index in [4.69, 9.17) is 4.74 Å². The Hall–Kier alpha value is -2.67. The van der Waals surface area contributed by atoms with E-state index in [0.717, 1.165) is 21.6 Å². The molecular formula is C23H29N3O3S. The molecule has 1 aromatic carbocycles. The average molecular weight is 428 g/mol. The highest BCUT2D eigenvalue weighted by atomic mass is 32.1. The van der Waals surface area contributed by atoms with E-state index < -0.39 is 5.97 Å². The van der Waals surface area contributed by atoms with Crippen molar-refractivity contribution in [2.45, 2.75) is 34.6 Å². The van der Waals surface area contributed by atoms with Gasteiger partial charge >= 0.3 is 5.97 Å². The van der Waals surface area contributed by atoms with Gasteiger partial charge in [0.2, 0.25) is 0 Å². The predicted molar refractivity (Wildman–Crippen MR) is 120 cm³/mol. The van der Waals surface area contributed by atoms with Crippen LogP contribution in [0.2, 0.25) is 0 Å². The summed E-state index contributed by atoms with van der Waals surface area (Å²) in [5.41, 5.74) is 1.78. The van der Waals surface area contributed by atoms with Crippen molar-refractivity contribution in [1.29, 1.82) is 0 Å². The molecule has 0 N–H and O–H groups in total. The molecule has 7 heteroatoms. The fourth-order valence-electron chi connectivity index (χ4n) is 3.34. The molecule has 0 saturated heterocycles. The van der Waals surface area contributed by atoms with Gasteiger partial charge in [-0.15, -0.1) is 11.3 Å². The van der Waals surface area contributed by atoms with E-state index in [-0.39, 0.29) is 12.5 Å². The molecule has 6 nitrogen and oxygen atoms in total. The second-order valence-corrected chi connectivity index (χ2v) is 9.36. The molecule has 30 heavy (non-hydrogen) atoms. The van der Waals surface area contributed by atoms with Gasteiger partial charge in [0, 0.05) is 18.5 Å². The molecule has 0 aliphatic carbocycles. The van der Waals surface area contributed by atoms with Crippen molar-refractivity contribution < 1.29 is 14.3 Å². The third-order valence-corrected chi connectivity index (χ3v) is 5.69. The number of para-hydroxylation sites is 1. The minimum Gasteiger partial charge on any atom is -0.451 e. The molecule has 2 aromatic heterocycles. The fourth-order valence-corrected chi connectivity index (χ4v) is 4.42. The van der Waals surface area contributed by atoms with Gasteiger partial charge in [-0.3, -0.25) is 4.79 Å². The number of benzene rings is 1. The Labute approximate surface area is 181 Å². The first-order chi connectivity index (χ1) is 14.3. The molecule has 0 bridgehead atoms. The number of hydrogen-bond acceptors (Lipinski definition) is 5. The van der Waals surface area contributed by atoms with Gasteiger partial charge in [-0.2, -0.15) is 5.10 Å². The number of nitrogens with zero attached hydrogens (tertiary/aromatic N) is 3. The number of rotatable bonds is 8. The molecule has 0 spiro atoms. The van der Waals surface area contributed by atoms with E-state index in [9.17, 15) is 9.59 Å². The lowest BCUT2D eigenvalue weighted by Gasteiger charge is -2.26. The molecule has 0 fully saturated rings. The van der Waals surface area contributed by atoms with Crippen LogP contribution in [0.5, 0.6) is 0 Å². The molecule has 0 radical (unpaired) electrons. The van der Waals surface area contributed by atoms with Crippen LogP contribution >= 0.6 is 11.3 Å². The Balaban J connectivity index is 1.73. The van der Waals surface area contributed by atoms with Crippen LogP contribution in [0.3, 0.4) is 0 Å². The second-order valence-electron chi connectivity index (χ2n) is 8.32. The minimum atomic E-state index is -0.474. The topological polar surface area (TPSA) is 64.4 Å². The number of aromatic nitrogens is 2. The van der Waals surface area contributed by atoms with Crippen LogP contribution in [0.15, 0.2) is 36.4 Å². The van der Waals surface area contributed by atoms with E-state index in [1.165, 1.54) is 11.3 Å². The fraction of sp³-hybridized carbons (Fsp3) is 0.435. The first-order valence-corrected chi connectivity index (χ1v) is 11.1. The summed E-state index contributed by atoms with van der Waals surface area (Å²) < 4.78 is 7.21. The monoisotopic (exact) mass is 427 g/mol. The number of carbonyl (C=O) groups is 2. The van der Waals surface area contributed by atoms with Crippen molar-refractivity contribution in [3.05, 3.63) is 47.0 Å². The lowest BCUT2D eigenvalue weighted by atomic mass is 10.1. The predicted octanol–water partition coefficient (Wildman–Crippen LogP) is 4.69. The molecule has 0 aliphatic heterocycles. The normalized spacial score (nSPS) is 11.4. The molecule has 3 rings (SSSR count). The number of amides is 1. The zero-order valence-electron chi connectivity index (χ0n) is 18.2. The Morgan fingerprint density at radius 1 is 1.10 bits per heavy atom. The summed E-state index contributed by atoms with van der Waals surface area (Å²) in [6, 6.07) is 11.6. The standard InChI is InChI=1S/C23H29N3O3S/c1-15(2)12-25(13-16(3)4)21(27)14-29-23(28)20-11-19-17(5)24-26(22(19)30-20)18-9-7-6-8-10-18/h6-11,15-16H,12-14H2,1-5H3. The van der Waals surface area contributed by atoms with Crippen LogP contribution in [-0.2, 0) is 9.53 Å². The van der Waals surface area contributed by atoms with E-state index >= 15 is 0 Å². The van der Waals surface area contributed by atoms with Crippen LogP contribution in [-0.4, -0.2) is 46.3 Å². The third kappa shape index (κ3) is 5.08. The lowest BCUT2D eigenvalue weighted by molar-refractivity contribution is -0.135. The first-order valence-electron chi connectivity index (χ1n) is 10.3. The van der Waals surface area contributed by atoms with Crippen molar-refractivity contribution in [2.75, 3.05) is 19.7 Å². The number of carbonyl (C=O) groups excluding carboxylic acids is 2. The van der Waals surface area contributed by atoms with Gasteiger partial charge in [0.05, 0.1) is 11.4 Å². The number of esters is 1. The Kier molecular flexibility index (Phi) is 6.92. The molecule has 0 saturated carbocycles. The van der Waals surface area contributed by atoms with Crippen LogP contribution in [0, 0.1) is 18.8 Å². The Morgan fingerprint density at radius 2 is 1.73 bits per heavy atom. The highest BCUT2D eigenvalue weighted by Gasteiger charge is 2.21. The number of fused-ring (bicyclic) bond motifs is 1. The van der Waals surface area contributed by atoms with Crippen molar-refractivity contribution in [3.63, 3.8) is 0 Å². The van der Waals surface area contributed by atoms with E-state index in [1.807, 2.05) is 41.9 Å². The number of aryl methyl sites for hydroxylation is 1. The summed E-state index contributed by atoms with van der Waals surface area (Å²) in [7, 11) is 0. The molecule has 3 aromatic rings. The van der Waals surface area contributed by atoms with Crippen LogP contribution < -0.4 is 0 Å². The minimum absolute atomic E-state index is 0.154. The molecule has 0 atom stereocenters. The van der Waals surface area contributed by atoms with Gasteiger partial charge in [0.1, 0.15) is 9.71 Å². The number of ether oxygens (including phenoxy) is 1. The SMILES string of the molecule is Cc1nn(-c2ccccc2)c2sc(C(=O)OCC(=O)N(CC(C)C)CC(C)C)cc12. The van der Waals surface area contributed by atoms with Crippen LogP contribution in [0.4, 0.5) is 0 Å². The molecule has 0 aliphatic rings. The van der Waals surface area contributed by atoms with Crippen LogP contribution in [0.1, 0.15) is 43.1 Å². The second kappa shape index (κ2) is 9.43. The average Bonchev–Trinajstić information content (AvgIpc) is 3.26. The Morgan fingerprint density at radius 3 is 2.33 bits per heavy atom. The summed E-state index contributed by atoms with van der Waals surface area (Å²) >= 11 is 1.33. The zero-order chi connectivity index (χ0) is 21.8. The summed E-state index contributed by atoms with van der Waals surface area (Å²) in [5.74, 6) is 0.0842. The van der Waals surface area contributed by atoms with Gasteiger partial charge in [-0.1, -0.05) is 45.9 Å². The van der Waals surface area contributed by atoms with Crippen molar-refractivity contribution >= 4 is 33.4 Å². The molecular weight excluding hydrogens is 398 g/mol. The highest BCUT2D eigenvalue weighted by Crippen LogP contribution is 2.30. The quantitative estimate of drug-likeness (QED) is 0.489. The van der Waals surface area contributed by atoms with Gasteiger partial charge in [0.15, 0.2) is 6.61 Å². The zero-order valence-corrected chi connectivity index (χ0v) is 19.0. The maximum Gasteiger partial charge on any atom is 0.348 e. The summed E-state index contributed by atoms with van der Waals surface area (Å²) in [4.78, 5) is 28.4. The summed E-state index contributed by atoms with van der Waals surface area (Å²) in [6.07, 6.45) is 0. The first kappa shape index (κ1) is 22.0. The van der Waals surface area contributed by atoms with Crippen molar-refractivity contribution in [2.24, 2.45) is 11.8 Å². The maximum atomic E-state index is 12.6. The molecule has 1 amide bonds. The van der Waals surface area contributed by atoms with Gasteiger partial charge in [0.25, 0.3) is 5.91 Å². The molecule has 160 valence electrons. The number of hydrogen-bond donors (Lipinski definition) is 0. The maximum absolute atomic E-state index is 12.6. The third-order valence-electron chi connectivity index (χ3n) is 4.60. The van der Waals surface area contributed by atoms with Gasteiger partial charge < -0.3 is 9.64 Å². The van der Waals surface area contributed by atoms with Crippen molar-refractivity contribution in [1.82, 2.24) is 14.7 Å². The highest BCUT2D eigenvalue weighted by molar-refractivity contribution is 7.20.